The van der Waals surface area contributed by atoms with E-state index in [-0.39, 0.29) is 42.5 Å². The van der Waals surface area contributed by atoms with Gasteiger partial charge in [-0.25, -0.2) is 9.98 Å². The Balaban J connectivity index is 1.94. The number of amides is 1. The van der Waals surface area contributed by atoms with Gasteiger partial charge in [-0.1, -0.05) is 13.0 Å². The van der Waals surface area contributed by atoms with E-state index in [1.54, 1.807) is 12.1 Å². The molecule has 0 aromatic carbocycles. The summed E-state index contributed by atoms with van der Waals surface area (Å²) >= 11 is 1.42. The van der Waals surface area contributed by atoms with Crippen molar-refractivity contribution in [3.05, 3.63) is 51.0 Å². The van der Waals surface area contributed by atoms with Gasteiger partial charge in [-0.05, 0) is 30.0 Å². The summed E-state index contributed by atoms with van der Waals surface area (Å²) in [6.45, 7) is 1.83. The molecule has 0 atom stereocenters. The molecular formula is C20H22F3N5OS. The summed E-state index contributed by atoms with van der Waals surface area (Å²) in [5, 5.41) is 1.84. The molecule has 2 aromatic rings. The van der Waals surface area contributed by atoms with Gasteiger partial charge in [-0.2, -0.15) is 13.2 Å². The molecule has 0 bridgehead atoms. The van der Waals surface area contributed by atoms with Crippen molar-refractivity contribution in [1.29, 1.82) is 0 Å². The summed E-state index contributed by atoms with van der Waals surface area (Å²) in [7, 11) is 0. The van der Waals surface area contributed by atoms with Crippen LogP contribution in [0.15, 0.2) is 34.1 Å². The molecule has 1 aliphatic heterocycles. The minimum atomic E-state index is -4.65. The number of halogens is 3. The maximum atomic E-state index is 13.5. The zero-order valence-electron chi connectivity index (χ0n) is 16.4. The van der Waals surface area contributed by atoms with Crippen LogP contribution in [0.2, 0.25) is 0 Å². The molecule has 1 amide bonds. The second-order valence-corrected chi connectivity index (χ2v) is 7.81. The van der Waals surface area contributed by atoms with E-state index in [1.165, 1.54) is 28.4 Å². The molecule has 0 fully saturated rings. The van der Waals surface area contributed by atoms with Gasteiger partial charge in [-0.15, -0.1) is 11.3 Å². The van der Waals surface area contributed by atoms with Gasteiger partial charge in [0.1, 0.15) is 11.5 Å². The SMILES string of the molecule is CCCN(Cc1ccc(CN)nc1C(F)(F)F)C(=O)C1=Cc2sccc2N=C(N)C1. The fourth-order valence-corrected chi connectivity index (χ4v) is 3.99. The molecule has 3 rings (SSSR count). The fourth-order valence-electron chi connectivity index (χ4n) is 3.20. The number of rotatable bonds is 6. The summed E-state index contributed by atoms with van der Waals surface area (Å²) < 4.78 is 40.6. The molecule has 30 heavy (non-hydrogen) atoms. The third-order valence-corrected chi connectivity index (χ3v) is 5.40. The maximum absolute atomic E-state index is 13.5. The van der Waals surface area contributed by atoms with Crippen LogP contribution in [0, 0.1) is 0 Å². The Labute approximate surface area is 176 Å². The average Bonchev–Trinajstić information content (AvgIpc) is 3.05. The van der Waals surface area contributed by atoms with E-state index < -0.39 is 11.9 Å². The number of aliphatic imine (C=N–C) groups is 1. The molecule has 0 radical (unpaired) electrons. The summed E-state index contributed by atoms with van der Waals surface area (Å²) in [4.78, 5) is 23.4. The minimum Gasteiger partial charge on any atom is -0.387 e. The van der Waals surface area contributed by atoms with Gasteiger partial charge in [0.2, 0.25) is 0 Å². The zero-order valence-corrected chi connectivity index (χ0v) is 17.2. The van der Waals surface area contributed by atoms with Crippen LogP contribution in [0.25, 0.3) is 6.08 Å². The first-order valence-electron chi connectivity index (χ1n) is 9.39. The Morgan fingerprint density at radius 2 is 2.07 bits per heavy atom. The van der Waals surface area contributed by atoms with Crippen molar-refractivity contribution in [3.63, 3.8) is 0 Å². The molecule has 0 aliphatic carbocycles. The van der Waals surface area contributed by atoms with E-state index in [0.29, 0.717) is 24.2 Å². The van der Waals surface area contributed by atoms with Gasteiger partial charge >= 0.3 is 6.18 Å². The van der Waals surface area contributed by atoms with Crippen LogP contribution in [-0.4, -0.2) is 28.2 Å². The van der Waals surface area contributed by atoms with Crippen LogP contribution < -0.4 is 11.5 Å². The number of alkyl halides is 3. The quantitative estimate of drug-likeness (QED) is 0.718. The highest BCUT2D eigenvalue weighted by atomic mass is 32.1. The number of hydrogen-bond donors (Lipinski definition) is 2. The summed E-state index contributed by atoms with van der Waals surface area (Å²) in [5.41, 5.74) is 11.5. The number of pyridine rings is 1. The Morgan fingerprint density at radius 3 is 2.73 bits per heavy atom. The lowest BCUT2D eigenvalue weighted by atomic mass is 10.1. The van der Waals surface area contributed by atoms with Crippen molar-refractivity contribution in [2.45, 2.75) is 39.0 Å². The van der Waals surface area contributed by atoms with Crippen LogP contribution >= 0.6 is 11.3 Å². The van der Waals surface area contributed by atoms with Crippen molar-refractivity contribution in [1.82, 2.24) is 9.88 Å². The maximum Gasteiger partial charge on any atom is 0.433 e. The second kappa shape index (κ2) is 8.97. The van der Waals surface area contributed by atoms with Gasteiger partial charge in [-0.3, -0.25) is 4.79 Å². The third kappa shape index (κ3) is 4.88. The number of nitrogens with two attached hydrogens (primary N) is 2. The Bertz CT molecular complexity index is 997. The van der Waals surface area contributed by atoms with Crippen molar-refractivity contribution in [2.24, 2.45) is 16.5 Å². The number of fused-ring (bicyclic) bond motifs is 1. The van der Waals surface area contributed by atoms with E-state index in [0.717, 1.165) is 4.88 Å². The van der Waals surface area contributed by atoms with E-state index in [9.17, 15) is 18.0 Å². The van der Waals surface area contributed by atoms with Crippen molar-refractivity contribution in [2.75, 3.05) is 6.54 Å². The first kappa shape index (κ1) is 22.0. The molecular weight excluding hydrogens is 415 g/mol. The normalized spacial score (nSPS) is 13.9. The Kier molecular flexibility index (Phi) is 6.57. The first-order chi connectivity index (χ1) is 14.2. The molecule has 2 aromatic heterocycles. The molecule has 3 heterocycles. The largest absolute Gasteiger partial charge is 0.433 e. The lowest BCUT2D eigenvalue weighted by Gasteiger charge is -2.25. The molecule has 160 valence electrons. The molecule has 0 saturated carbocycles. The number of hydrogen-bond acceptors (Lipinski definition) is 6. The number of carbonyl (C=O) groups excluding carboxylic acids is 1. The number of aromatic nitrogens is 1. The molecule has 10 heteroatoms. The molecule has 1 aliphatic rings. The minimum absolute atomic E-state index is 0.0748. The predicted octanol–water partition coefficient (Wildman–Crippen LogP) is 3.84. The third-order valence-electron chi connectivity index (χ3n) is 4.55. The average molecular weight is 437 g/mol. The van der Waals surface area contributed by atoms with Crippen LogP contribution in [0.4, 0.5) is 18.9 Å². The van der Waals surface area contributed by atoms with E-state index >= 15 is 0 Å². The molecule has 0 saturated heterocycles. The van der Waals surface area contributed by atoms with Crippen molar-refractivity contribution in [3.8, 4) is 0 Å². The topological polar surface area (TPSA) is 97.6 Å². The highest BCUT2D eigenvalue weighted by molar-refractivity contribution is 7.11. The van der Waals surface area contributed by atoms with Gasteiger partial charge in [0.25, 0.3) is 5.91 Å². The number of nitrogens with zero attached hydrogens (tertiary/aromatic N) is 3. The molecule has 0 unspecified atom stereocenters. The van der Waals surface area contributed by atoms with Crippen LogP contribution in [0.1, 0.15) is 41.6 Å². The number of carbonyl (C=O) groups is 1. The van der Waals surface area contributed by atoms with Gasteiger partial charge in [0, 0.05) is 37.2 Å². The summed E-state index contributed by atoms with van der Waals surface area (Å²) in [5.74, 6) is -0.0829. The first-order valence-corrected chi connectivity index (χ1v) is 10.3. The second-order valence-electron chi connectivity index (χ2n) is 6.86. The van der Waals surface area contributed by atoms with Crippen LogP contribution in [0.3, 0.4) is 0 Å². The number of thiophene rings is 1. The smallest absolute Gasteiger partial charge is 0.387 e. The summed E-state index contributed by atoms with van der Waals surface area (Å²) in [6, 6.07) is 4.59. The van der Waals surface area contributed by atoms with Gasteiger partial charge < -0.3 is 16.4 Å². The molecule has 4 N–H and O–H groups in total. The van der Waals surface area contributed by atoms with Crippen LogP contribution in [-0.2, 0) is 24.1 Å². The van der Waals surface area contributed by atoms with Gasteiger partial charge in [0.05, 0.1) is 16.3 Å². The highest BCUT2D eigenvalue weighted by Crippen LogP contribution is 2.33. The Morgan fingerprint density at radius 1 is 1.30 bits per heavy atom. The lowest BCUT2D eigenvalue weighted by molar-refractivity contribution is -0.143. The monoisotopic (exact) mass is 437 g/mol. The molecule has 6 nitrogen and oxygen atoms in total. The van der Waals surface area contributed by atoms with E-state index in [2.05, 4.69) is 9.98 Å². The standard InChI is InChI=1S/C20H22F3N5OS/c1-2-6-28(11-12-3-4-14(10-24)26-18(12)20(21,22)23)19(29)13-8-16-15(5-7-30-16)27-17(25)9-13/h3-5,7-8H,2,6,9-11,24H2,1H3,(H2,25,27). The van der Waals surface area contributed by atoms with E-state index in [1.807, 2.05) is 12.3 Å². The van der Waals surface area contributed by atoms with Gasteiger partial charge in [0.15, 0.2) is 0 Å². The zero-order chi connectivity index (χ0) is 21.9. The van der Waals surface area contributed by atoms with Crippen molar-refractivity contribution >= 4 is 34.8 Å². The Hall–Kier alpha value is -2.72. The van der Waals surface area contributed by atoms with E-state index in [4.69, 9.17) is 11.5 Å². The number of amidine groups is 1. The van der Waals surface area contributed by atoms with Crippen molar-refractivity contribution < 1.29 is 18.0 Å². The summed E-state index contributed by atoms with van der Waals surface area (Å²) in [6.07, 6.45) is -2.21. The lowest BCUT2D eigenvalue weighted by Crippen LogP contribution is -2.34. The highest BCUT2D eigenvalue weighted by Gasteiger charge is 2.36. The van der Waals surface area contributed by atoms with Crippen LogP contribution in [0.5, 0.6) is 0 Å². The fraction of sp³-hybridized carbons (Fsp3) is 0.350. The molecule has 0 spiro atoms. The predicted molar refractivity (Wildman–Crippen MR) is 111 cm³/mol.